The van der Waals surface area contributed by atoms with Gasteiger partial charge in [0.05, 0.1) is 46.8 Å². The number of carbonyl (C=O) groups excluding carboxylic acids is 2. The number of hydrogen-bond donors (Lipinski definition) is 1. The van der Waals surface area contributed by atoms with Crippen molar-refractivity contribution in [3.05, 3.63) is 62.3 Å². The average Bonchev–Trinajstić information content (AvgIpc) is 3.61. The molecule has 1 N–H and O–H groups in total. The molecule has 5 heterocycles. The minimum atomic E-state index is -4.60. The summed E-state index contributed by atoms with van der Waals surface area (Å²) in [5, 5.41) is 6.89. The number of carbonyl (C=O) groups is 2. The van der Waals surface area contributed by atoms with Gasteiger partial charge in [0.2, 0.25) is 11.7 Å². The van der Waals surface area contributed by atoms with E-state index in [0.29, 0.717) is 56.0 Å². The maximum atomic E-state index is 14.3. The van der Waals surface area contributed by atoms with Crippen LogP contribution in [0.2, 0.25) is 5.02 Å². The summed E-state index contributed by atoms with van der Waals surface area (Å²) in [7, 11) is 0. The molecule has 3 aliphatic heterocycles. The van der Waals surface area contributed by atoms with Gasteiger partial charge in [-0.3, -0.25) is 9.59 Å². The number of halogens is 4. The van der Waals surface area contributed by atoms with Gasteiger partial charge in [-0.25, -0.2) is 4.79 Å². The van der Waals surface area contributed by atoms with Gasteiger partial charge < -0.3 is 29.0 Å². The van der Waals surface area contributed by atoms with Crippen LogP contribution in [0.4, 0.5) is 23.7 Å². The van der Waals surface area contributed by atoms with Gasteiger partial charge >= 0.3 is 12.3 Å². The van der Waals surface area contributed by atoms with Crippen LogP contribution in [-0.4, -0.2) is 68.0 Å². The minimum absolute atomic E-state index is 0.00725. The third kappa shape index (κ3) is 6.42. The fourth-order valence-corrected chi connectivity index (χ4v) is 6.62. The van der Waals surface area contributed by atoms with E-state index in [1.807, 2.05) is 13.0 Å². The Morgan fingerprint density at radius 2 is 1.92 bits per heavy atom. The molecule has 0 bridgehead atoms. The number of piperidine rings is 1. The molecule has 2 aromatic heterocycles. The summed E-state index contributed by atoms with van der Waals surface area (Å²) < 4.78 is 60.0. The van der Waals surface area contributed by atoms with E-state index in [-0.39, 0.29) is 36.1 Å². The first kappa shape index (κ1) is 33.9. The average molecular weight is 693 g/mol. The Labute approximate surface area is 278 Å². The molecule has 1 unspecified atom stereocenters. The highest BCUT2D eigenvalue weighted by Crippen LogP contribution is 2.49. The molecule has 1 atom stereocenters. The summed E-state index contributed by atoms with van der Waals surface area (Å²) in [6.07, 6.45) is -2.24. The van der Waals surface area contributed by atoms with Gasteiger partial charge in [0.25, 0.3) is 5.56 Å². The zero-order valence-corrected chi connectivity index (χ0v) is 27.7. The molecule has 1 fully saturated rings. The lowest BCUT2D eigenvalue weighted by molar-refractivity contribution is -0.137. The van der Waals surface area contributed by atoms with Crippen LogP contribution in [0.25, 0.3) is 11.4 Å². The van der Waals surface area contributed by atoms with Crippen molar-refractivity contribution in [2.75, 3.05) is 31.6 Å². The van der Waals surface area contributed by atoms with E-state index < -0.39 is 46.6 Å². The van der Waals surface area contributed by atoms with Crippen molar-refractivity contribution in [2.24, 2.45) is 0 Å². The molecule has 258 valence electrons. The van der Waals surface area contributed by atoms with Crippen molar-refractivity contribution in [1.29, 1.82) is 0 Å². The molecular weight excluding hydrogens is 657 g/mol. The smallest absolute Gasteiger partial charge is 0.416 e. The van der Waals surface area contributed by atoms with Crippen molar-refractivity contribution >= 4 is 40.6 Å². The number of fused-ring (bicyclic) bond motifs is 3. The fourth-order valence-electron chi connectivity index (χ4n) is 6.39. The standard InChI is InChI=1S/C32H36ClF3N6O6/c1-5-22-25-24(31(47-22)10-12-40(13-11-31)29(45)48-30(2,3)4)27(44)42-28(38-26(39-42)18-8-14-46-15-9-18)41(25)17-23(43)37-21-7-6-19(16-20(21)33)32(34,35)36/h6-8,16,22H,5,9-15,17H2,1-4H3,(H,37,43). The Balaban J connectivity index is 1.41. The molecule has 0 aliphatic carbocycles. The van der Waals surface area contributed by atoms with Crippen molar-refractivity contribution in [3.63, 3.8) is 0 Å². The van der Waals surface area contributed by atoms with E-state index >= 15 is 0 Å². The zero-order valence-electron chi connectivity index (χ0n) is 26.9. The lowest BCUT2D eigenvalue weighted by Crippen LogP contribution is -2.48. The van der Waals surface area contributed by atoms with E-state index in [0.717, 1.165) is 23.8 Å². The Bertz CT molecular complexity index is 1860. The van der Waals surface area contributed by atoms with Crippen molar-refractivity contribution in [3.8, 4) is 0 Å². The van der Waals surface area contributed by atoms with Crippen LogP contribution in [0.1, 0.15) is 82.1 Å². The second-order valence-corrected chi connectivity index (χ2v) is 13.5. The summed E-state index contributed by atoms with van der Waals surface area (Å²) in [5.41, 5.74) is -1.54. The topological polar surface area (TPSA) is 129 Å². The number of ether oxygens (including phenoxy) is 3. The van der Waals surface area contributed by atoms with E-state index in [9.17, 15) is 27.6 Å². The van der Waals surface area contributed by atoms with Crippen molar-refractivity contribution < 1.29 is 37.0 Å². The van der Waals surface area contributed by atoms with E-state index in [2.05, 4.69) is 10.4 Å². The second kappa shape index (κ2) is 12.5. The summed E-state index contributed by atoms with van der Waals surface area (Å²) in [6, 6.07) is 2.66. The molecule has 3 aliphatic rings. The third-order valence-corrected chi connectivity index (χ3v) is 8.94. The van der Waals surface area contributed by atoms with E-state index in [1.54, 1.807) is 30.2 Å². The predicted molar refractivity (Wildman–Crippen MR) is 169 cm³/mol. The maximum absolute atomic E-state index is 14.3. The predicted octanol–water partition coefficient (Wildman–Crippen LogP) is 5.71. The summed E-state index contributed by atoms with van der Waals surface area (Å²) in [6.45, 7) is 8.25. The molecule has 16 heteroatoms. The maximum Gasteiger partial charge on any atom is 0.416 e. The number of nitrogens with one attached hydrogen (secondary N) is 1. The number of anilines is 1. The van der Waals surface area contributed by atoms with Crippen molar-refractivity contribution in [2.45, 2.75) is 83.4 Å². The highest BCUT2D eigenvalue weighted by molar-refractivity contribution is 6.33. The second-order valence-electron chi connectivity index (χ2n) is 13.1. The molecular formula is C32H36ClF3N6O6. The first-order valence-electron chi connectivity index (χ1n) is 15.7. The molecule has 0 radical (unpaired) electrons. The minimum Gasteiger partial charge on any atom is -0.444 e. The lowest BCUT2D eigenvalue weighted by atomic mass is 9.85. The van der Waals surface area contributed by atoms with Gasteiger partial charge in [-0.1, -0.05) is 24.6 Å². The SMILES string of the molecule is CCC1OC2(CCN(C(=O)OC(C)(C)C)CC2)c2c1n(CC(=O)Nc1ccc(C(F)(F)F)cc1Cl)c1nc(C3=CCOCC3)nn1c2=O. The van der Waals surface area contributed by atoms with Gasteiger partial charge in [-0.2, -0.15) is 22.7 Å². The highest BCUT2D eigenvalue weighted by Gasteiger charge is 2.51. The Hall–Kier alpha value is -3.95. The van der Waals surface area contributed by atoms with Gasteiger partial charge in [-0.15, -0.1) is 5.10 Å². The molecule has 0 saturated carbocycles. The monoisotopic (exact) mass is 692 g/mol. The quantitative estimate of drug-likeness (QED) is 0.360. The van der Waals surface area contributed by atoms with Crippen LogP contribution in [-0.2, 0) is 37.3 Å². The fraction of sp³-hybridized carbons (Fsp3) is 0.531. The van der Waals surface area contributed by atoms with Gasteiger partial charge in [0.1, 0.15) is 17.7 Å². The molecule has 48 heavy (non-hydrogen) atoms. The largest absolute Gasteiger partial charge is 0.444 e. The van der Waals surface area contributed by atoms with Crippen LogP contribution in [0.15, 0.2) is 29.1 Å². The molecule has 12 nitrogen and oxygen atoms in total. The normalized spacial score (nSPS) is 19.4. The van der Waals surface area contributed by atoms with Crippen LogP contribution >= 0.6 is 11.6 Å². The van der Waals surface area contributed by atoms with Crippen LogP contribution in [0.5, 0.6) is 0 Å². The number of rotatable bonds is 5. The Morgan fingerprint density at radius 3 is 2.52 bits per heavy atom. The Kier molecular flexibility index (Phi) is 8.83. The van der Waals surface area contributed by atoms with E-state index in [1.165, 1.54) is 4.52 Å². The van der Waals surface area contributed by atoms with Crippen molar-refractivity contribution in [1.82, 2.24) is 24.1 Å². The first-order valence-corrected chi connectivity index (χ1v) is 16.1. The molecule has 1 aromatic carbocycles. The summed E-state index contributed by atoms with van der Waals surface area (Å²) in [4.78, 5) is 47.1. The molecule has 1 saturated heterocycles. The van der Waals surface area contributed by atoms with Gasteiger partial charge in [0, 0.05) is 13.1 Å². The summed E-state index contributed by atoms with van der Waals surface area (Å²) >= 11 is 6.13. The Morgan fingerprint density at radius 1 is 1.19 bits per heavy atom. The number of amides is 2. The first-order chi connectivity index (χ1) is 22.6. The molecule has 6 rings (SSSR count). The molecule has 1 spiro atoms. The number of nitrogens with zero attached hydrogens (tertiary/aromatic N) is 5. The highest BCUT2D eigenvalue weighted by atomic mass is 35.5. The van der Waals surface area contributed by atoms with E-state index in [4.69, 9.17) is 30.8 Å². The zero-order chi connectivity index (χ0) is 34.6. The van der Waals surface area contributed by atoms with Crippen LogP contribution in [0.3, 0.4) is 0 Å². The number of hydrogen-bond acceptors (Lipinski definition) is 8. The van der Waals surface area contributed by atoms with Crippen LogP contribution in [0, 0.1) is 0 Å². The lowest BCUT2D eigenvalue weighted by Gasteiger charge is -2.39. The molecule has 2 amide bonds. The number of likely N-dealkylation sites (tertiary alicyclic amines) is 1. The molecule has 3 aromatic rings. The number of aromatic nitrogens is 4. The number of benzene rings is 1. The van der Waals surface area contributed by atoms with Gasteiger partial charge in [-0.05, 0) is 70.2 Å². The van der Waals surface area contributed by atoms with Gasteiger partial charge in [0.15, 0.2) is 5.82 Å². The summed E-state index contributed by atoms with van der Waals surface area (Å²) in [5.74, 6) is -0.184. The number of alkyl halides is 3. The third-order valence-electron chi connectivity index (χ3n) is 8.63. The van der Waals surface area contributed by atoms with Crippen LogP contribution < -0.4 is 10.9 Å².